The van der Waals surface area contributed by atoms with E-state index in [1.807, 2.05) is 6.08 Å². The summed E-state index contributed by atoms with van der Waals surface area (Å²) in [6.07, 6.45) is 2.20. The van der Waals surface area contributed by atoms with Crippen molar-refractivity contribution in [2.75, 3.05) is 26.2 Å². The largest absolute Gasteiger partial charge is 0.396 e. The maximum atomic E-state index is 12.6. The van der Waals surface area contributed by atoms with E-state index in [0.717, 1.165) is 5.57 Å². The second kappa shape index (κ2) is 8.98. The molecular weight excluding hydrogens is 387 g/mol. The van der Waals surface area contributed by atoms with Gasteiger partial charge in [0.25, 0.3) is 5.56 Å². The highest BCUT2D eigenvalue weighted by Crippen LogP contribution is 2.50. The van der Waals surface area contributed by atoms with Crippen molar-refractivity contribution in [1.82, 2.24) is 9.97 Å². The number of allylic oxidation sites excluding steroid dienone is 1. The number of rotatable bonds is 9. The molecule has 0 radical (unpaired) electrons. The summed E-state index contributed by atoms with van der Waals surface area (Å²) in [5.41, 5.74) is 1.76. The molecule has 3 N–H and O–H groups in total. The lowest BCUT2D eigenvalue weighted by atomic mass is 9.93. The highest BCUT2D eigenvalue weighted by molar-refractivity contribution is 7.53. The molecular formula is C18H27N2O7P. The molecule has 0 bridgehead atoms. The molecule has 1 aromatic heterocycles. The Hall–Kier alpha value is -1.35. The summed E-state index contributed by atoms with van der Waals surface area (Å²) in [6.45, 7) is 3.66. The summed E-state index contributed by atoms with van der Waals surface area (Å²) in [5.74, 6) is -0.681. The van der Waals surface area contributed by atoms with E-state index in [1.54, 1.807) is 13.8 Å². The molecule has 0 unspecified atom stereocenters. The molecule has 156 valence electrons. The van der Waals surface area contributed by atoms with Gasteiger partial charge >= 0.3 is 7.60 Å². The average Bonchev–Trinajstić information content (AvgIpc) is 3.22. The maximum Gasteiger partial charge on any atom is 0.356 e. The van der Waals surface area contributed by atoms with Crippen LogP contribution in [0.4, 0.5) is 0 Å². The topological polar surface area (TPSA) is 131 Å². The molecule has 0 spiro atoms. The van der Waals surface area contributed by atoms with E-state index in [-0.39, 0.29) is 43.6 Å². The van der Waals surface area contributed by atoms with Crippen LogP contribution in [0, 0.1) is 11.8 Å². The minimum atomic E-state index is -3.43. The second-order valence-corrected chi connectivity index (χ2v) is 8.90. The third-order valence-corrected chi connectivity index (χ3v) is 7.00. The van der Waals surface area contributed by atoms with Crippen LogP contribution in [0.15, 0.2) is 17.2 Å². The van der Waals surface area contributed by atoms with E-state index < -0.39 is 19.8 Å². The van der Waals surface area contributed by atoms with Crippen molar-refractivity contribution in [2.45, 2.75) is 38.9 Å². The van der Waals surface area contributed by atoms with Crippen LogP contribution in [0.1, 0.15) is 31.5 Å². The number of H-pyrrole nitrogens is 1. The number of hydrogen-bond donors (Lipinski definition) is 3. The van der Waals surface area contributed by atoms with Crippen molar-refractivity contribution >= 4 is 13.2 Å². The van der Waals surface area contributed by atoms with Gasteiger partial charge in [0.2, 0.25) is 0 Å². The van der Waals surface area contributed by atoms with Gasteiger partial charge < -0.3 is 29.0 Å². The molecule has 3 rings (SSSR count). The van der Waals surface area contributed by atoms with Crippen molar-refractivity contribution in [3.63, 3.8) is 0 Å². The van der Waals surface area contributed by atoms with Gasteiger partial charge in [-0.15, -0.1) is 0 Å². The Kier molecular flexibility index (Phi) is 6.85. The molecule has 1 fully saturated rings. The maximum absolute atomic E-state index is 12.6. The van der Waals surface area contributed by atoms with Gasteiger partial charge in [-0.25, -0.2) is 4.98 Å². The molecule has 0 amide bonds. The van der Waals surface area contributed by atoms with Crippen molar-refractivity contribution in [3.05, 3.63) is 34.0 Å². The first-order valence-corrected chi connectivity index (χ1v) is 11.2. The Labute approximate surface area is 163 Å². The van der Waals surface area contributed by atoms with Crippen molar-refractivity contribution in [2.24, 2.45) is 11.8 Å². The summed E-state index contributed by atoms with van der Waals surface area (Å²) in [6, 6.07) is 0. The van der Waals surface area contributed by atoms with Gasteiger partial charge in [0.15, 0.2) is 0 Å². The van der Waals surface area contributed by atoms with Crippen LogP contribution in [0.5, 0.6) is 0 Å². The third-order valence-electron chi connectivity index (χ3n) is 5.23. The lowest BCUT2D eigenvalue weighted by Gasteiger charge is -2.25. The minimum Gasteiger partial charge on any atom is -0.396 e. The SMILES string of the molecule is CCOP(=O)(CO[C@@H]1[C@@H](CO)C[C@@H](C2=CCc3c2nc[nH]c3=O)[C@@H]1O)OCC. The Morgan fingerprint density at radius 3 is 2.68 bits per heavy atom. The number of aromatic nitrogens is 2. The zero-order valence-corrected chi connectivity index (χ0v) is 16.9. The number of aromatic amines is 1. The highest BCUT2D eigenvalue weighted by atomic mass is 31.2. The molecule has 10 heteroatoms. The monoisotopic (exact) mass is 414 g/mol. The first-order valence-electron chi connectivity index (χ1n) is 9.49. The number of nitrogens with one attached hydrogen (secondary N) is 1. The van der Waals surface area contributed by atoms with E-state index in [9.17, 15) is 19.6 Å². The van der Waals surface area contributed by atoms with Gasteiger partial charge in [0.1, 0.15) is 6.35 Å². The van der Waals surface area contributed by atoms with E-state index in [2.05, 4.69) is 9.97 Å². The molecule has 1 aromatic rings. The number of aliphatic hydroxyl groups is 2. The zero-order valence-electron chi connectivity index (χ0n) is 16.0. The van der Waals surface area contributed by atoms with Gasteiger partial charge in [-0.05, 0) is 32.3 Å². The fraction of sp³-hybridized carbons (Fsp3) is 0.667. The zero-order chi connectivity index (χ0) is 20.3. The Morgan fingerprint density at radius 1 is 1.32 bits per heavy atom. The van der Waals surface area contributed by atoms with Crippen LogP contribution >= 0.6 is 7.60 Å². The summed E-state index contributed by atoms with van der Waals surface area (Å²) in [7, 11) is -3.43. The van der Waals surface area contributed by atoms with Gasteiger partial charge in [-0.3, -0.25) is 9.36 Å². The van der Waals surface area contributed by atoms with Crippen molar-refractivity contribution in [3.8, 4) is 0 Å². The lowest BCUT2D eigenvalue weighted by molar-refractivity contribution is -0.0429. The third kappa shape index (κ3) is 4.15. The molecule has 1 saturated carbocycles. The van der Waals surface area contributed by atoms with Crippen LogP contribution in [-0.2, 0) is 24.8 Å². The van der Waals surface area contributed by atoms with Gasteiger partial charge in [-0.2, -0.15) is 0 Å². The molecule has 0 saturated heterocycles. The van der Waals surface area contributed by atoms with Crippen LogP contribution in [0.2, 0.25) is 0 Å². The number of hydrogen-bond acceptors (Lipinski definition) is 8. The number of aliphatic hydroxyl groups excluding tert-OH is 2. The van der Waals surface area contributed by atoms with Gasteiger partial charge in [0, 0.05) is 24.0 Å². The molecule has 9 nitrogen and oxygen atoms in total. The molecule has 0 aromatic carbocycles. The molecule has 2 aliphatic carbocycles. The smallest absolute Gasteiger partial charge is 0.356 e. The molecule has 0 aliphatic heterocycles. The summed E-state index contributed by atoms with van der Waals surface area (Å²) in [4.78, 5) is 18.8. The molecule has 1 heterocycles. The number of ether oxygens (including phenoxy) is 1. The predicted octanol–water partition coefficient (Wildman–Crippen LogP) is 1.31. The minimum absolute atomic E-state index is 0.186. The molecule has 2 aliphatic rings. The Bertz CT molecular complexity index is 814. The first-order chi connectivity index (χ1) is 13.4. The van der Waals surface area contributed by atoms with Crippen LogP contribution < -0.4 is 5.56 Å². The second-order valence-electron chi connectivity index (χ2n) is 6.90. The Balaban J connectivity index is 1.76. The normalized spacial score (nSPS) is 27.1. The van der Waals surface area contributed by atoms with Crippen LogP contribution in [-0.4, -0.2) is 58.6 Å². The number of fused-ring (bicyclic) bond motifs is 1. The first kappa shape index (κ1) is 21.4. The van der Waals surface area contributed by atoms with E-state index in [0.29, 0.717) is 24.1 Å². The standard InChI is InChI=1S/C18H27N2O7P/c1-3-26-28(24,27-4-2)10-25-17-11(8-21)7-14(16(17)22)12-5-6-13-15(12)19-9-20-18(13)23/h5,9,11,14,16-17,21-22H,3-4,6-8,10H2,1-2H3,(H,19,20,23)/t11-,14+,16+,17-/m1/s1. The fourth-order valence-corrected chi connectivity index (χ4v) is 5.38. The van der Waals surface area contributed by atoms with Gasteiger partial charge in [-0.1, -0.05) is 6.08 Å². The summed E-state index contributed by atoms with van der Waals surface area (Å²) >= 11 is 0. The lowest BCUT2D eigenvalue weighted by Crippen LogP contribution is -2.33. The van der Waals surface area contributed by atoms with Crippen LogP contribution in [0.25, 0.3) is 5.57 Å². The Morgan fingerprint density at radius 2 is 2.04 bits per heavy atom. The predicted molar refractivity (Wildman–Crippen MR) is 102 cm³/mol. The van der Waals surface area contributed by atoms with E-state index >= 15 is 0 Å². The number of nitrogens with zero attached hydrogens (tertiary/aromatic N) is 1. The average molecular weight is 414 g/mol. The van der Waals surface area contributed by atoms with E-state index in [4.69, 9.17) is 13.8 Å². The van der Waals surface area contributed by atoms with Crippen molar-refractivity contribution in [1.29, 1.82) is 0 Å². The van der Waals surface area contributed by atoms with Gasteiger partial charge in [0.05, 0.1) is 37.4 Å². The summed E-state index contributed by atoms with van der Waals surface area (Å²) in [5, 5.41) is 20.7. The fourth-order valence-electron chi connectivity index (χ4n) is 4.02. The molecule has 28 heavy (non-hydrogen) atoms. The molecule has 4 atom stereocenters. The van der Waals surface area contributed by atoms with Crippen molar-refractivity contribution < 1.29 is 28.6 Å². The van der Waals surface area contributed by atoms with Crippen LogP contribution in [0.3, 0.4) is 0 Å². The quantitative estimate of drug-likeness (QED) is 0.516. The summed E-state index contributed by atoms with van der Waals surface area (Å²) < 4.78 is 28.8. The van der Waals surface area contributed by atoms with E-state index in [1.165, 1.54) is 6.33 Å². The highest BCUT2D eigenvalue weighted by Gasteiger charge is 2.46.